The minimum absolute atomic E-state index is 0.145. The van der Waals surface area contributed by atoms with Crippen molar-refractivity contribution in [3.05, 3.63) is 23.9 Å². The van der Waals surface area contributed by atoms with Crippen molar-refractivity contribution in [1.82, 2.24) is 14.8 Å². The molecule has 2 aliphatic heterocycles. The van der Waals surface area contributed by atoms with Gasteiger partial charge in [-0.05, 0) is 62.0 Å². The van der Waals surface area contributed by atoms with E-state index >= 15 is 0 Å². The number of aromatic nitrogens is 1. The second-order valence-corrected chi connectivity index (χ2v) is 9.65. The number of fused-ring (bicyclic) bond motifs is 2. The van der Waals surface area contributed by atoms with Crippen molar-refractivity contribution in [2.45, 2.75) is 51.5 Å². The topological polar surface area (TPSA) is 39.7 Å². The lowest BCUT2D eigenvalue weighted by Crippen LogP contribution is -2.52. The van der Waals surface area contributed by atoms with Crippen LogP contribution in [-0.4, -0.2) is 66.0 Å². The number of hydrogen-bond acceptors (Lipinski definition) is 4. The predicted octanol–water partition coefficient (Wildman–Crippen LogP) is 3.26. The molecule has 3 atom stereocenters. The smallest absolute Gasteiger partial charge is 0.255 e. The van der Waals surface area contributed by atoms with Crippen LogP contribution in [0.15, 0.2) is 18.3 Å². The Kier molecular flexibility index (Phi) is 5.04. The Morgan fingerprint density at radius 1 is 0.964 bits per heavy atom. The summed E-state index contributed by atoms with van der Waals surface area (Å²) in [6, 6.07) is 4.87. The van der Waals surface area contributed by atoms with Crippen LogP contribution in [0.2, 0.25) is 0 Å². The highest BCUT2D eigenvalue weighted by atomic mass is 16.2. The van der Waals surface area contributed by atoms with Crippen molar-refractivity contribution in [3.8, 4) is 0 Å². The molecular formula is C23H34N4O. The van der Waals surface area contributed by atoms with E-state index in [-0.39, 0.29) is 5.91 Å². The summed E-state index contributed by atoms with van der Waals surface area (Å²) in [5, 5.41) is 0. The summed E-state index contributed by atoms with van der Waals surface area (Å²) in [7, 11) is 0. The summed E-state index contributed by atoms with van der Waals surface area (Å²) in [6.07, 6.45) is 9.88. The first kappa shape index (κ1) is 18.4. The molecule has 2 bridgehead atoms. The molecule has 0 N–H and O–H groups in total. The molecule has 3 unspecified atom stereocenters. The lowest BCUT2D eigenvalue weighted by atomic mass is 9.93. The number of carbonyl (C=O) groups is 1. The van der Waals surface area contributed by atoms with Crippen LogP contribution in [-0.2, 0) is 0 Å². The number of amides is 1. The number of hydrogen-bond donors (Lipinski definition) is 0. The number of nitrogens with zero attached hydrogens (tertiary/aromatic N) is 4. The van der Waals surface area contributed by atoms with Gasteiger partial charge in [0.2, 0.25) is 0 Å². The van der Waals surface area contributed by atoms with Gasteiger partial charge in [-0.2, -0.15) is 0 Å². The highest BCUT2D eigenvalue weighted by Gasteiger charge is 2.42. The summed E-state index contributed by atoms with van der Waals surface area (Å²) in [5.74, 6) is 3.90. The summed E-state index contributed by atoms with van der Waals surface area (Å²) >= 11 is 0. The summed E-state index contributed by atoms with van der Waals surface area (Å²) in [6.45, 7) is 8.45. The number of pyridine rings is 1. The highest BCUT2D eigenvalue weighted by Crippen LogP contribution is 2.46. The fraction of sp³-hybridized carbons (Fsp3) is 0.739. The molecule has 4 fully saturated rings. The van der Waals surface area contributed by atoms with Gasteiger partial charge in [0.05, 0.1) is 5.56 Å². The van der Waals surface area contributed by atoms with Gasteiger partial charge in [-0.3, -0.25) is 9.69 Å². The lowest BCUT2D eigenvalue weighted by molar-refractivity contribution is 0.0697. The van der Waals surface area contributed by atoms with Crippen LogP contribution in [0.25, 0.3) is 0 Å². The molecule has 0 aromatic carbocycles. The molecule has 4 aliphatic rings. The fourth-order valence-electron chi connectivity index (χ4n) is 6.03. The van der Waals surface area contributed by atoms with Crippen LogP contribution in [0.4, 0.5) is 5.82 Å². The van der Waals surface area contributed by atoms with Crippen molar-refractivity contribution in [1.29, 1.82) is 0 Å². The molecule has 5 heteroatoms. The van der Waals surface area contributed by atoms with E-state index in [1.54, 1.807) is 6.20 Å². The predicted molar refractivity (Wildman–Crippen MR) is 112 cm³/mol. The first-order chi connectivity index (χ1) is 13.7. The molecule has 152 valence electrons. The third-order valence-corrected chi connectivity index (χ3v) is 7.87. The lowest BCUT2D eigenvalue weighted by Gasteiger charge is -2.41. The fourth-order valence-corrected chi connectivity index (χ4v) is 6.03. The molecule has 1 aromatic heterocycles. The summed E-state index contributed by atoms with van der Waals surface area (Å²) < 4.78 is 0. The Balaban J connectivity index is 1.16. The average Bonchev–Trinajstić information content (AvgIpc) is 3.38. The number of piperazine rings is 1. The molecule has 1 amide bonds. The zero-order chi connectivity index (χ0) is 19.1. The molecule has 0 radical (unpaired) electrons. The maximum Gasteiger partial charge on any atom is 0.255 e. The van der Waals surface area contributed by atoms with Crippen molar-refractivity contribution in [3.63, 3.8) is 0 Å². The quantitative estimate of drug-likeness (QED) is 0.804. The molecule has 1 aromatic rings. The van der Waals surface area contributed by atoms with Crippen LogP contribution >= 0.6 is 0 Å². The van der Waals surface area contributed by atoms with E-state index in [1.165, 1.54) is 25.7 Å². The zero-order valence-corrected chi connectivity index (χ0v) is 17.2. The van der Waals surface area contributed by atoms with Crippen molar-refractivity contribution in [2.24, 2.45) is 17.8 Å². The maximum atomic E-state index is 12.7. The number of anilines is 1. The minimum Gasteiger partial charge on any atom is -0.354 e. The van der Waals surface area contributed by atoms with Crippen LogP contribution in [0.3, 0.4) is 0 Å². The number of likely N-dealkylation sites (tertiary alicyclic amines) is 1. The second kappa shape index (κ2) is 7.66. The molecule has 0 spiro atoms. The van der Waals surface area contributed by atoms with Crippen LogP contribution < -0.4 is 4.90 Å². The Morgan fingerprint density at radius 2 is 1.75 bits per heavy atom. The van der Waals surface area contributed by atoms with Crippen LogP contribution in [0, 0.1) is 17.8 Å². The van der Waals surface area contributed by atoms with Gasteiger partial charge in [0.25, 0.3) is 5.91 Å². The van der Waals surface area contributed by atoms with E-state index < -0.39 is 0 Å². The van der Waals surface area contributed by atoms with Crippen LogP contribution in [0.1, 0.15) is 55.8 Å². The minimum atomic E-state index is 0.145. The molecule has 2 saturated heterocycles. The van der Waals surface area contributed by atoms with Crippen molar-refractivity contribution in [2.75, 3.05) is 44.2 Å². The van der Waals surface area contributed by atoms with Gasteiger partial charge in [-0.25, -0.2) is 4.98 Å². The first-order valence-corrected chi connectivity index (χ1v) is 11.4. The largest absolute Gasteiger partial charge is 0.354 e. The summed E-state index contributed by atoms with van der Waals surface area (Å²) in [4.78, 5) is 24.5. The Bertz CT molecular complexity index is 689. The number of rotatable bonds is 3. The van der Waals surface area contributed by atoms with E-state index in [0.29, 0.717) is 0 Å². The number of piperidine rings is 1. The Labute approximate surface area is 169 Å². The van der Waals surface area contributed by atoms with Gasteiger partial charge in [0.15, 0.2) is 0 Å². The van der Waals surface area contributed by atoms with E-state index in [4.69, 9.17) is 0 Å². The SMILES string of the molecule is CC1CCN(C(=O)c2ccc(N3CCN(C4CC5CCC4C5)CC3)nc2)CC1. The van der Waals surface area contributed by atoms with Gasteiger partial charge in [-0.1, -0.05) is 13.3 Å². The Morgan fingerprint density at radius 3 is 2.36 bits per heavy atom. The molecule has 5 rings (SSSR count). The standard InChI is InChI=1S/C23H34N4O/c1-17-6-8-27(9-7-17)23(28)20-4-5-22(24-16-20)26-12-10-25(11-13-26)21-15-18-2-3-19(21)14-18/h4-5,16-19,21H,2-3,6-15H2,1H3. The van der Waals surface area contributed by atoms with Crippen molar-refractivity contribution >= 4 is 11.7 Å². The van der Waals surface area contributed by atoms with Gasteiger partial charge >= 0.3 is 0 Å². The monoisotopic (exact) mass is 382 g/mol. The second-order valence-electron chi connectivity index (χ2n) is 9.65. The summed E-state index contributed by atoms with van der Waals surface area (Å²) in [5.41, 5.74) is 0.735. The van der Waals surface area contributed by atoms with E-state index in [0.717, 1.165) is 87.3 Å². The third kappa shape index (κ3) is 3.54. The molecular weight excluding hydrogens is 348 g/mol. The third-order valence-electron chi connectivity index (χ3n) is 7.87. The van der Waals surface area contributed by atoms with Crippen LogP contribution in [0.5, 0.6) is 0 Å². The molecule has 2 aliphatic carbocycles. The van der Waals surface area contributed by atoms with Gasteiger partial charge in [0.1, 0.15) is 5.82 Å². The molecule has 3 heterocycles. The van der Waals surface area contributed by atoms with Crippen molar-refractivity contribution < 1.29 is 4.79 Å². The molecule has 2 saturated carbocycles. The maximum absolute atomic E-state index is 12.7. The Hall–Kier alpha value is -1.62. The van der Waals surface area contributed by atoms with E-state index in [9.17, 15) is 4.79 Å². The van der Waals surface area contributed by atoms with Gasteiger partial charge in [0, 0.05) is 51.5 Å². The normalized spacial score (nSPS) is 31.5. The van der Waals surface area contributed by atoms with Gasteiger partial charge < -0.3 is 9.80 Å². The average molecular weight is 383 g/mol. The zero-order valence-electron chi connectivity index (χ0n) is 17.2. The molecule has 28 heavy (non-hydrogen) atoms. The van der Waals surface area contributed by atoms with E-state index in [2.05, 4.69) is 21.7 Å². The highest BCUT2D eigenvalue weighted by molar-refractivity contribution is 5.94. The number of carbonyl (C=O) groups excluding carboxylic acids is 1. The van der Waals surface area contributed by atoms with E-state index in [1.807, 2.05) is 17.0 Å². The van der Waals surface area contributed by atoms with Gasteiger partial charge in [-0.15, -0.1) is 0 Å². The first-order valence-electron chi connectivity index (χ1n) is 11.4. The molecule has 5 nitrogen and oxygen atoms in total.